The van der Waals surface area contributed by atoms with Crippen molar-refractivity contribution in [3.63, 3.8) is 0 Å². The van der Waals surface area contributed by atoms with Crippen molar-refractivity contribution in [3.05, 3.63) is 0 Å². The van der Waals surface area contributed by atoms with Gasteiger partial charge in [0.05, 0.1) is 19.4 Å². The van der Waals surface area contributed by atoms with Crippen LogP contribution in [0, 0.1) is 0 Å². The third-order valence-electron chi connectivity index (χ3n) is 0.851. The Morgan fingerprint density at radius 1 is 1.88 bits per heavy atom. The Balaban J connectivity index is 2.48. The van der Waals surface area contributed by atoms with E-state index < -0.39 is 11.3 Å². The van der Waals surface area contributed by atoms with Gasteiger partial charge < -0.3 is 4.55 Å². The maximum absolute atomic E-state index is 10.0. The molecule has 0 radical (unpaired) electrons. The molecule has 8 heavy (non-hydrogen) atoms. The molecule has 46 valence electrons. The fourth-order valence-corrected chi connectivity index (χ4v) is 0.850. The van der Waals surface area contributed by atoms with Gasteiger partial charge in [0.1, 0.15) is 0 Å². The third-order valence-corrected chi connectivity index (χ3v) is 1.51. The van der Waals surface area contributed by atoms with Crippen LogP contribution in [0.3, 0.4) is 0 Å². The minimum atomic E-state index is -2.11. The molecule has 0 aliphatic carbocycles. The molecule has 1 heterocycles. The van der Waals surface area contributed by atoms with Gasteiger partial charge >= 0.3 is 0 Å². The Kier molecular flexibility index (Phi) is 1.59. The van der Waals surface area contributed by atoms with Crippen LogP contribution in [0.25, 0.3) is 0 Å². The van der Waals surface area contributed by atoms with Crippen LogP contribution in [0.5, 0.6) is 0 Å². The Morgan fingerprint density at radius 2 is 2.62 bits per heavy atom. The van der Waals surface area contributed by atoms with E-state index in [9.17, 15) is 8.76 Å². The zero-order valence-corrected chi connectivity index (χ0v) is 4.93. The predicted molar refractivity (Wildman–Crippen MR) is 29.0 cm³/mol. The minimum Gasteiger partial charge on any atom is -0.755 e. The van der Waals surface area contributed by atoms with E-state index in [0.29, 0.717) is 13.1 Å². The van der Waals surface area contributed by atoms with Gasteiger partial charge in [-0.3, -0.25) is 13.5 Å². The van der Waals surface area contributed by atoms with Gasteiger partial charge in [-0.05, 0) is 0 Å². The fraction of sp³-hybridized carbons (Fsp3) is 0.667. The van der Waals surface area contributed by atoms with Crippen LogP contribution < -0.4 is 0 Å². The quantitative estimate of drug-likeness (QED) is 0.436. The van der Waals surface area contributed by atoms with Crippen molar-refractivity contribution < 1.29 is 8.76 Å². The molecule has 1 rings (SSSR count). The molecule has 0 saturated heterocycles. The molecule has 0 saturated carbocycles. The first-order valence-corrected chi connectivity index (χ1v) is 3.20. The van der Waals surface area contributed by atoms with Crippen molar-refractivity contribution >= 4 is 17.6 Å². The van der Waals surface area contributed by atoms with Crippen LogP contribution in [-0.4, -0.2) is 32.5 Å². The van der Waals surface area contributed by atoms with Crippen LogP contribution in [0.4, 0.5) is 0 Å². The average Bonchev–Trinajstić information content (AvgIpc) is 2.12. The molecule has 0 N–H and O–H groups in total. The second-order valence-electron chi connectivity index (χ2n) is 1.38. The van der Waals surface area contributed by atoms with Crippen LogP contribution >= 0.6 is 0 Å². The second-order valence-corrected chi connectivity index (χ2v) is 2.28. The Labute approximate surface area is 49.6 Å². The molecule has 0 fully saturated rings. The first-order valence-electron chi connectivity index (χ1n) is 2.16. The SMILES string of the molecule is O=S([O-])N1C=NCC1. The highest BCUT2D eigenvalue weighted by Gasteiger charge is 2.02. The number of nitrogens with zero attached hydrogens (tertiary/aromatic N) is 2. The van der Waals surface area contributed by atoms with E-state index in [4.69, 9.17) is 0 Å². The lowest BCUT2D eigenvalue weighted by Gasteiger charge is -2.14. The smallest absolute Gasteiger partial charge is 0.0960 e. The Morgan fingerprint density at radius 3 is 2.88 bits per heavy atom. The molecule has 1 unspecified atom stereocenters. The predicted octanol–water partition coefficient (Wildman–Crippen LogP) is -0.876. The van der Waals surface area contributed by atoms with Crippen LogP contribution in [0.15, 0.2) is 4.99 Å². The molecule has 0 amide bonds. The van der Waals surface area contributed by atoms with Crippen LogP contribution in [0.2, 0.25) is 0 Å². The van der Waals surface area contributed by atoms with Crippen molar-refractivity contribution in [1.29, 1.82) is 0 Å². The van der Waals surface area contributed by atoms with Crippen LogP contribution in [-0.2, 0) is 11.3 Å². The Bertz CT molecular complexity index is 135. The maximum atomic E-state index is 10.0. The fourth-order valence-electron chi connectivity index (χ4n) is 0.476. The summed E-state index contributed by atoms with van der Waals surface area (Å²) in [5.74, 6) is 0. The topological polar surface area (TPSA) is 55.7 Å². The van der Waals surface area contributed by atoms with E-state index >= 15 is 0 Å². The molecule has 0 aromatic carbocycles. The second kappa shape index (κ2) is 2.23. The van der Waals surface area contributed by atoms with E-state index in [-0.39, 0.29) is 0 Å². The number of hydrogen-bond acceptors (Lipinski definition) is 3. The molecule has 0 bridgehead atoms. The summed E-state index contributed by atoms with van der Waals surface area (Å²) in [7, 11) is 0. The molecule has 1 aliphatic rings. The third kappa shape index (κ3) is 1.05. The summed E-state index contributed by atoms with van der Waals surface area (Å²) < 4.78 is 21.2. The summed E-state index contributed by atoms with van der Waals surface area (Å²) in [6, 6.07) is 0. The monoisotopic (exact) mass is 133 g/mol. The van der Waals surface area contributed by atoms with Crippen molar-refractivity contribution in [2.24, 2.45) is 4.99 Å². The van der Waals surface area contributed by atoms with E-state index in [1.165, 1.54) is 6.34 Å². The highest BCUT2D eigenvalue weighted by atomic mass is 32.2. The first kappa shape index (κ1) is 5.71. The van der Waals surface area contributed by atoms with E-state index in [1.54, 1.807) is 0 Å². The molecule has 1 aliphatic heterocycles. The number of hydrogen-bond donors (Lipinski definition) is 0. The van der Waals surface area contributed by atoms with Gasteiger partial charge in [0.2, 0.25) is 0 Å². The summed E-state index contributed by atoms with van der Waals surface area (Å²) in [6.45, 7) is 1.09. The average molecular weight is 133 g/mol. The number of rotatable bonds is 1. The van der Waals surface area contributed by atoms with Crippen LogP contribution in [0.1, 0.15) is 0 Å². The zero-order chi connectivity index (χ0) is 5.98. The summed E-state index contributed by atoms with van der Waals surface area (Å²) >= 11 is -2.11. The summed E-state index contributed by atoms with van der Waals surface area (Å²) in [4.78, 5) is 3.69. The van der Waals surface area contributed by atoms with Gasteiger partial charge in [-0.25, -0.2) is 0 Å². The lowest BCUT2D eigenvalue weighted by Crippen LogP contribution is -2.21. The lowest BCUT2D eigenvalue weighted by atomic mass is 10.7. The van der Waals surface area contributed by atoms with Crippen molar-refractivity contribution in [1.82, 2.24) is 4.31 Å². The zero-order valence-electron chi connectivity index (χ0n) is 4.11. The summed E-state index contributed by atoms with van der Waals surface area (Å²) in [5, 5.41) is 0. The molecule has 0 spiro atoms. The number of aliphatic imine (C=N–C) groups is 1. The molecule has 0 aromatic heterocycles. The lowest BCUT2D eigenvalue weighted by molar-refractivity contribution is 0.487. The summed E-state index contributed by atoms with van der Waals surface area (Å²) in [6.07, 6.45) is 1.32. The van der Waals surface area contributed by atoms with E-state index in [2.05, 4.69) is 4.99 Å². The molecule has 1 atom stereocenters. The van der Waals surface area contributed by atoms with Crippen molar-refractivity contribution in [3.8, 4) is 0 Å². The van der Waals surface area contributed by atoms with Crippen molar-refractivity contribution in [2.45, 2.75) is 0 Å². The molecule has 5 heteroatoms. The minimum absolute atomic E-state index is 0.496. The maximum Gasteiger partial charge on any atom is 0.0960 e. The molecular formula is C3H5N2O2S-. The van der Waals surface area contributed by atoms with E-state index in [0.717, 1.165) is 4.31 Å². The van der Waals surface area contributed by atoms with E-state index in [1.807, 2.05) is 0 Å². The van der Waals surface area contributed by atoms with Gasteiger partial charge in [-0.1, -0.05) is 0 Å². The molecular weight excluding hydrogens is 128 g/mol. The normalized spacial score (nSPS) is 21.9. The molecule has 0 aromatic rings. The Hall–Kier alpha value is -0.420. The van der Waals surface area contributed by atoms with Crippen molar-refractivity contribution in [2.75, 3.05) is 13.1 Å². The highest BCUT2D eigenvalue weighted by molar-refractivity contribution is 7.77. The summed E-state index contributed by atoms with van der Waals surface area (Å²) in [5.41, 5.74) is 0. The molecule has 4 nitrogen and oxygen atoms in total. The van der Waals surface area contributed by atoms with Gasteiger partial charge in [0.25, 0.3) is 0 Å². The standard InChI is InChI=1S/C3H6N2O2S/c6-8(7)5-2-1-4-3-5/h3H,1-2H2,(H,6,7)/p-1. The first-order chi connectivity index (χ1) is 3.80. The van der Waals surface area contributed by atoms with Gasteiger partial charge in [0.15, 0.2) is 0 Å². The van der Waals surface area contributed by atoms with Gasteiger partial charge in [0, 0.05) is 11.3 Å². The van der Waals surface area contributed by atoms with Gasteiger partial charge in [-0.2, -0.15) is 0 Å². The highest BCUT2D eigenvalue weighted by Crippen LogP contribution is 1.93. The van der Waals surface area contributed by atoms with Gasteiger partial charge in [-0.15, -0.1) is 0 Å². The largest absolute Gasteiger partial charge is 0.755 e.